The molecule has 0 aliphatic rings. The zero-order valence-corrected chi connectivity index (χ0v) is 15.8. The van der Waals surface area contributed by atoms with Crippen LogP contribution in [0.3, 0.4) is 0 Å². The van der Waals surface area contributed by atoms with E-state index in [4.69, 9.17) is 0 Å². The molecule has 0 fully saturated rings. The SMILES string of the molecule is CCCCCC(C(=O)Nc1cc(Br)ccc1SC)C(C)C. The summed E-state index contributed by atoms with van der Waals surface area (Å²) in [6.45, 7) is 6.45. The molecule has 1 aromatic carbocycles. The summed E-state index contributed by atoms with van der Waals surface area (Å²) in [4.78, 5) is 13.7. The smallest absolute Gasteiger partial charge is 0.227 e. The first-order chi connectivity index (χ1) is 9.99. The van der Waals surface area contributed by atoms with Gasteiger partial charge >= 0.3 is 0 Å². The second kappa shape index (κ2) is 9.52. The summed E-state index contributed by atoms with van der Waals surface area (Å²) in [7, 11) is 0. The molecule has 0 heterocycles. The van der Waals surface area contributed by atoms with Crippen LogP contribution in [0.4, 0.5) is 5.69 Å². The maximum Gasteiger partial charge on any atom is 0.227 e. The van der Waals surface area contributed by atoms with Gasteiger partial charge in [0.1, 0.15) is 0 Å². The summed E-state index contributed by atoms with van der Waals surface area (Å²) < 4.78 is 0.989. The highest BCUT2D eigenvalue weighted by Gasteiger charge is 2.22. The van der Waals surface area contributed by atoms with Gasteiger partial charge in [0.25, 0.3) is 0 Å². The Morgan fingerprint density at radius 2 is 2.05 bits per heavy atom. The van der Waals surface area contributed by atoms with Crippen molar-refractivity contribution in [2.24, 2.45) is 11.8 Å². The number of hydrogen-bond acceptors (Lipinski definition) is 2. The van der Waals surface area contributed by atoms with Gasteiger partial charge in [0.2, 0.25) is 5.91 Å². The number of carbonyl (C=O) groups excluding carboxylic acids is 1. The van der Waals surface area contributed by atoms with E-state index in [-0.39, 0.29) is 11.8 Å². The van der Waals surface area contributed by atoms with Crippen LogP contribution in [0, 0.1) is 11.8 Å². The van der Waals surface area contributed by atoms with Gasteiger partial charge in [-0.15, -0.1) is 11.8 Å². The molecule has 1 unspecified atom stereocenters. The van der Waals surface area contributed by atoms with Crippen LogP contribution in [-0.4, -0.2) is 12.2 Å². The van der Waals surface area contributed by atoms with E-state index in [1.165, 1.54) is 12.8 Å². The topological polar surface area (TPSA) is 29.1 Å². The second-order valence-corrected chi connectivity index (χ2v) is 7.44. The van der Waals surface area contributed by atoms with Crippen LogP contribution in [-0.2, 0) is 4.79 Å². The molecule has 1 atom stereocenters. The predicted octanol–water partition coefficient (Wildman–Crippen LogP) is 5.96. The van der Waals surface area contributed by atoms with E-state index in [0.717, 1.165) is 27.9 Å². The summed E-state index contributed by atoms with van der Waals surface area (Å²) in [5.74, 6) is 0.603. The zero-order chi connectivity index (χ0) is 15.8. The Labute approximate surface area is 141 Å². The third kappa shape index (κ3) is 6.03. The molecule has 0 aliphatic heterocycles. The first kappa shape index (κ1) is 18.6. The summed E-state index contributed by atoms with van der Waals surface area (Å²) >= 11 is 5.12. The molecule has 1 rings (SSSR count). The third-order valence-corrected chi connectivity index (χ3v) is 4.97. The number of amides is 1. The molecule has 0 bridgehead atoms. The summed E-state index contributed by atoms with van der Waals surface area (Å²) in [6, 6.07) is 6.02. The zero-order valence-electron chi connectivity index (χ0n) is 13.4. The van der Waals surface area contributed by atoms with Crippen LogP contribution < -0.4 is 5.32 Å². The number of rotatable bonds is 8. The lowest BCUT2D eigenvalue weighted by molar-refractivity contribution is -0.121. The Morgan fingerprint density at radius 1 is 1.33 bits per heavy atom. The molecule has 4 heteroatoms. The average molecular weight is 372 g/mol. The van der Waals surface area contributed by atoms with Gasteiger partial charge in [0.15, 0.2) is 0 Å². The fourth-order valence-electron chi connectivity index (χ4n) is 2.38. The van der Waals surface area contributed by atoms with Gasteiger partial charge in [-0.25, -0.2) is 0 Å². The average Bonchev–Trinajstić information content (AvgIpc) is 2.43. The summed E-state index contributed by atoms with van der Waals surface area (Å²) in [6.07, 6.45) is 6.51. The predicted molar refractivity (Wildman–Crippen MR) is 97.0 cm³/mol. The lowest BCUT2D eigenvalue weighted by Crippen LogP contribution is -2.27. The van der Waals surface area contributed by atoms with Gasteiger partial charge in [0.05, 0.1) is 5.69 Å². The van der Waals surface area contributed by atoms with E-state index >= 15 is 0 Å². The minimum absolute atomic E-state index is 0.0882. The van der Waals surface area contributed by atoms with Crippen molar-refractivity contribution in [1.82, 2.24) is 0 Å². The highest BCUT2D eigenvalue weighted by atomic mass is 79.9. The number of anilines is 1. The molecule has 1 aromatic rings. The van der Waals surface area contributed by atoms with Gasteiger partial charge in [-0.05, 0) is 36.8 Å². The van der Waals surface area contributed by atoms with Crippen LogP contribution >= 0.6 is 27.7 Å². The highest BCUT2D eigenvalue weighted by Crippen LogP contribution is 2.30. The number of hydrogen-bond donors (Lipinski definition) is 1. The normalized spacial score (nSPS) is 12.5. The maximum atomic E-state index is 12.6. The Hall–Kier alpha value is -0.480. The summed E-state index contributed by atoms with van der Waals surface area (Å²) in [5, 5.41) is 3.12. The Kier molecular flexibility index (Phi) is 8.42. The van der Waals surface area contributed by atoms with E-state index in [1.807, 2.05) is 24.5 Å². The monoisotopic (exact) mass is 371 g/mol. The molecule has 0 aromatic heterocycles. The number of thioether (sulfide) groups is 1. The first-order valence-electron chi connectivity index (χ1n) is 7.64. The minimum Gasteiger partial charge on any atom is -0.325 e. The molecule has 118 valence electrons. The van der Waals surface area contributed by atoms with Gasteiger partial charge in [-0.2, -0.15) is 0 Å². The molecule has 0 saturated heterocycles. The maximum absolute atomic E-state index is 12.6. The Bertz CT molecular complexity index is 462. The van der Waals surface area contributed by atoms with E-state index in [1.54, 1.807) is 11.8 Å². The van der Waals surface area contributed by atoms with E-state index in [9.17, 15) is 4.79 Å². The van der Waals surface area contributed by atoms with Gasteiger partial charge in [-0.3, -0.25) is 4.79 Å². The molecule has 1 amide bonds. The molecule has 1 N–H and O–H groups in total. The van der Waals surface area contributed by atoms with Gasteiger partial charge < -0.3 is 5.32 Å². The van der Waals surface area contributed by atoms with E-state index in [0.29, 0.717) is 5.92 Å². The minimum atomic E-state index is 0.0882. The van der Waals surface area contributed by atoms with Crippen LogP contribution in [0.25, 0.3) is 0 Å². The highest BCUT2D eigenvalue weighted by molar-refractivity contribution is 9.10. The number of nitrogens with one attached hydrogen (secondary N) is 1. The standard InChI is InChI=1S/C17H26BrNOS/c1-5-6-7-8-14(12(2)3)17(20)19-15-11-13(18)9-10-16(15)21-4/h9-12,14H,5-8H2,1-4H3,(H,19,20). The van der Waals surface area contributed by atoms with Gasteiger partial charge in [-0.1, -0.05) is 56.0 Å². The van der Waals surface area contributed by atoms with Crippen LogP contribution in [0.1, 0.15) is 46.5 Å². The number of carbonyl (C=O) groups is 1. The molecule has 0 spiro atoms. The molecule has 0 radical (unpaired) electrons. The van der Waals surface area contributed by atoms with Crippen molar-refractivity contribution in [3.63, 3.8) is 0 Å². The molecular weight excluding hydrogens is 346 g/mol. The third-order valence-electron chi connectivity index (χ3n) is 3.68. The molecule has 21 heavy (non-hydrogen) atoms. The van der Waals surface area contributed by atoms with Crippen molar-refractivity contribution in [3.05, 3.63) is 22.7 Å². The number of halogens is 1. The second-order valence-electron chi connectivity index (χ2n) is 5.68. The van der Waals surface area contributed by atoms with Crippen LogP contribution in [0.2, 0.25) is 0 Å². The van der Waals surface area contributed by atoms with Crippen LogP contribution in [0.15, 0.2) is 27.6 Å². The number of benzene rings is 1. The van der Waals surface area contributed by atoms with Crippen molar-refractivity contribution in [1.29, 1.82) is 0 Å². The molecule has 0 saturated carbocycles. The molecular formula is C17H26BrNOS. The fourth-order valence-corrected chi connectivity index (χ4v) is 3.28. The largest absolute Gasteiger partial charge is 0.325 e. The van der Waals surface area contributed by atoms with Gasteiger partial charge in [0, 0.05) is 15.3 Å². The lowest BCUT2D eigenvalue weighted by Gasteiger charge is -2.21. The van der Waals surface area contributed by atoms with Crippen LogP contribution in [0.5, 0.6) is 0 Å². The van der Waals surface area contributed by atoms with Crippen molar-refractivity contribution < 1.29 is 4.79 Å². The Morgan fingerprint density at radius 3 is 2.62 bits per heavy atom. The molecule has 2 nitrogen and oxygen atoms in total. The van der Waals surface area contributed by atoms with Crippen molar-refractivity contribution in [2.75, 3.05) is 11.6 Å². The van der Waals surface area contributed by atoms with E-state index in [2.05, 4.69) is 42.0 Å². The molecule has 0 aliphatic carbocycles. The quantitative estimate of drug-likeness (QED) is 0.450. The van der Waals surface area contributed by atoms with Crippen molar-refractivity contribution in [3.8, 4) is 0 Å². The fraction of sp³-hybridized carbons (Fsp3) is 0.588. The lowest BCUT2D eigenvalue weighted by atomic mass is 9.89. The van der Waals surface area contributed by atoms with Crippen molar-refractivity contribution >= 4 is 39.3 Å². The number of unbranched alkanes of at least 4 members (excludes halogenated alkanes) is 2. The van der Waals surface area contributed by atoms with Crippen molar-refractivity contribution in [2.45, 2.75) is 51.3 Å². The first-order valence-corrected chi connectivity index (χ1v) is 9.65. The Balaban J connectivity index is 2.79. The summed E-state index contributed by atoms with van der Waals surface area (Å²) in [5.41, 5.74) is 0.906. The van der Waals surface area contributed by atoms with E-state index < -0.39 is 0 Å².